The minimum atomic E-state index is 0.235. The van der Waals surface area contributed by atoms with Gasteiger partial charge in [0.1, 0.15) is 5.75 Å². The molecule has 118 valence electrons. The van der Waals surface area contributed by atoms with E-state index in [1.54, 1.807) is 7.11 Å². The number of rotatable bonds is 2. The van der Waals surface area contributed by atoms with Crippen LogP contribution in [0.5, 0.6) is 5.75 Å². The quantitative estimate of drug-likeness (QED) is 0.750. The van der Waals surface area contributed by atoms with Crippen LogP contribution in [0.15, 0.2) is 36.4 Å². The standard InChI is InChI=1S/C20H22N2O/c1-12-5-4-6-13(2)18(12)20-19-15(9-10-21-20)16-11-14(23-3)7-8-17(16)22-19/h4-8,11,20-22H,9-10H2,1-3H3. The first-order valence-corrected chi connectivity index (χ1v) is 8.17. The number of hydrogen-bond acceptors (Lipinski definition) is 2. The van der Waals surface area contributed by atoms with Crippen LogP contribution in [-0.2, 0) is 6.42 Å². The van der Waals surface area contributed by atoms with Gasteiger partial charge in [-0.1, -0.05) is 18.2 Å². The van der Waals surface area contributed by atoms with Gasteiger partial charge in [-0.2, -0.15) is 0 Å². The molecular formula is C20H22N2O. The molecule has 3 aromatic rings. The van der Waals surface area contributed by atoms with Crippen molar-refractivity contribution in [1.82, 2.24) is 10.3 Å². The molecule has 0 radical (unpaired) electrons. The summed E-state index contributed by atoms with van der Waals surface area (Å²) in [4.78, 5) is 3.65. The van der Waals surface area contributed by atoms with Crippen LogP contribution in [0.4, 0.5) is 0 Å². The lowest BCUT2D eigenvalue weighted by Crippen LogP contribution is -2.31. The van der Waals surface area contributed by atoms with E-state index in [1.807, 2.05) is 6.07 Å². The summed E-state index contributed by atoms with van der Waals surface area (Å²) in [7, 11) is 1.72. The van der Waals surface area contributed by atoms with Crippen molar-refractivity contribution in [1.29, 1.82) is 0 Å². The predicted molar refractivity (Wildman–Crippen MR) is 94.3 cm³/mol. The summed E-state index contributed by atoms with van der Waals surface area (Å²) in [5, 5.41) is 4.99. The second-order valence-corrected chi connectivity index (χ2v) is 6.37. The third kappa shape index (κ3) is 2.23. The van der Waals surface area contributed by atoms with E-state index < -0.39 is 0 Å². The molecule has 23 heavy (non-hydrogen) atoms. The fraction of sp³-hybridized carbons (Fsp3) is 0.300. The highest BCUT2D eigenvalue weighted by Crippen LogP contribution is 2.36. The third-order valence-electron chi connectivity index (χ3n) is 4.99. The van der Waals surface area contributed by atoms with Crippen LogP contribution in [0.2, 0.25) is 0 Å². The van der Waals surface area contributed by atoms with Crippen molar-refractivity contribution in [3.63, 3.8) is 0 Å². The van der Waals surface area contributed by atoms with Crippen molar-refractivity contribution < 1.29 is 4.74 Å². The lowest BCUT2D eigenvalue weighted by Gasteiger charge is -2.27. The fourth-order valence-electron chi connectivity index (χ4n) is 3.86. The number of fused-ring (bicyclic) bond motifs is 3. The molecule has 3 heteroatoms. The van der Waals surface area contributed by atoms with Crippen LogP contribution in [0.1, 0.15) is 34.0 Å². The van der Waals surface area contributed by atoms with Gasteiger partial charge in [-0.25, -0.2) is 0 Å². The van der Waals surface area contributed by atoms with E-state index in [4.69, 9.17) is 4.74 Å². The van der Waals surface area contributed by atoms with Gasteiger partial charge in [0, 0.05) is 23.1 Å². The molecule has 1 aliphatic rings. The van der Waals surface area contributed by atoms with Crippen molar-refractivity contribution >= 4 is 10.9 Å². The Balaban J connectivity index is 1.92. The van der Waals surface area contributed by atoms with Crippen molar-refractivity contribution in [2.75, 3.05) is 13.7 Å². The molecule has 2 heterocycles. The van der Waals surface area contributed by atoms with Crippen LogP contribution in [-0.4, -0.2) is 18.6 Å². The van der Waals surface area contributed by atoms with Gasteiger partial charge >= 0.3 is 0 Å². The summed E-state index contributed by atoms with van der Waals surface area (Å²) >= 11 is 0. The largest absolute Gasteiger partial charge is 0.497 e. The van der Waals surface area contributed by atoms with Crippen LogP contribution >= 0.6 is 0 Å². The van der Waals surface area contributed by atoms with Gasteiger partial charge in [-0.05, 0) is 60.7 Å². The maximum Gasteiger partial charge on any atom is 0.119 e. The molecule has 2 N–H and O–H groups in total. The molecule has 0 amide bonds. The average molecular weight is 306 g/mol. The van der Waals surface area contributed by atoms with E-state index >= 15 is 0 Å². The maximum atomic E-state index is 5.40. The molecule has 0 saturated heterocycles. The second kappa shape index (κ2) is 5.43. The van der Waals surface area contributed by atoms with Crippen LogP contribution in [0.25, 0.3) is 10.9 Å². The maximum absolute atomic E-state index is 5.40. The molecule has 0 bridgehead atoms. The summed E-state index contributed by atoms with van der Waals surface area (Å²) in [5.41, 5.74) is 7.99. The number of benzene rings is 2. The highest BCUT2D eigenvalue weighted by atomic mass is 16.5. The number of nitrogens with one attached hydrogen (secondary N) is 2. The number of methoxy groups -OCH3 is 1. The van der Waals surface area contributed by atoms with E-state index in [0.717, 1.165) is 18.7 Å². The fourth-order valence-corrected chi connectivity index (χ4v) is 3.86. The molecule has 1 atom stereocenters. The Morgan fingerprint density at radius 3 is 2.61 bits per heavy atom. The van der Waals surface area contributed by atoms with Gasteiger partial charge < -0.3 is 15.0 Å². The first-order valence-electron chi connectivity index (χ1n) is 8.17. The monoisotopic (exact) mass is 306 g/mol. The zero-order chi connectivity index (χ0) is 16.0. The average Bonchev–Trinajstić information content (AvgIpc) is 2.93. The van der Waals surface area contributed by atoms with E-state index in [0.29, 0.717) is 0 Å². The summed E-state index contributed by atoms with van der Waals surface area (Å²) in [5.74, 6) is 0.918. The lowest BCUT2D eigenvalue weighted by atomic mass is 9.89. The second-order valence-electron chi connectivity index (χ2n) is 6.37. The number of ether oxygens (including phenoxy) is 1. The molecule has 3 nitrogen and oxygen atoms in total. The minimum absolute atomic E-state index is 0.235. The summed E-state index contributed by atoms with van der Waals surface area (Å²) in [6.07, 6.45) is 1.05. The molecule has 1 unspecified atom stereocenters. The van der Waals surface area contributed by atoms with Gasteiger partial charge in [-0.15, -0.1) is 0 Å². The van der Waals surface area contributed by atoms with Crippen LogP contribution in [0, 0.1) is 13.8 Å². The molecule has 0 fully saturated rings. The van der Waals surface area contributed by atoms with Gasteiger partial charge in [0.05, 0.1) is 13.2 Å². The molecule has 0 saturated carbocycles. The third-order valence-corrected chi connectivity index (χ3v) is 4.99. The Bertz CT molecular complexity index is 858. The van der Waals surface area contributed by atoms with Gasteiger partial charge in [0.2, 0.25) is 0 Å². The molecule has 2 aromatic carbocycles. The van der Waals surface area contributed by atoms with Crippen molar-refractivity contribution in [3.8, 4) is 5.75 Å². The lowest BCUT2D eigenvalue weighted by molar-refractivity contribution is 0.415. The minimum Gasteiger partial charge on any atom is -0.497 e. The molecule has 0 aliphatic carbocycles. The highest BCUT2D eigenvalue weighted by molar-refractivity contribution is 5.86. The van der Waals surface area contributed by atoms with Crippen molar-refractivity contribution in [2.45, 2.75) is 26.3 Å². The summed E-state index contributed by atoms with van der Waals surface area (Å²) in [6, 6.07) is 13.1. The summed E-state index contributed by atoms with van der Waals surface area (Å²) < 4.78 is 5.40. The first-order chi connectivity index (χ1) is 11.2. The van der Waals surface area contributed by atoms with Gasteiger partial charge in [-0.3, -0.25) is 0 Å². The Labute approximate surface area is 136 Å². The number of aromatic amines is 1. The molecule has 0 spiro atoms. The Hall–Kier alpha value is -2.26. The van der Waals surface area contributed by atoms with Crippen molar-refractivity contribution in [3.05, 3.63) is 64.3 Å². The van der Waals surface area contributed by atoms with Gasteiger partial charge in [0.15, 0.2) is 0 Å². The Kier molecular flexibility index (Phi) is 3.38. The number of H-pyrrole nitrogens is 1. The molecule has 1 aliphatic heterocycles. The normalized spacial score (nSPS) is 17.3. The van der Waals surface area contributed by atoms with E-state index in [2.05, 4.69) is 54.5 Å². The zero-order valence-electron chi connectivity index (χ0n) is 13.9. The van der Waals surface area contributed by atoms with E-state index in [9.17, 15) is 0 Å². The number of aromatic nitrogens is 1. The first kappa shape index (κ1) is 14.3. The summed E-state index contributed by atoms with van der Waals surface area (Å²) in [6.45, 7) is 5.39. The molecular weight excluding hydrogens is 284 g/mol. The van der Waals surface area contributed by atoms with Crippen molar-refractivity contribution in [2.24, 2.45) is 0 Å². The molecule has 1 aromatic heterocycles. The number of aryl methyl sites for hydroxylation is 2. The zero-order valence-corrected chi connectivity index (χ0v) is 13.9. The molecule has 4 rings (SSSR count). The topological polar surface area (TPSA) is 37.0 Å². The van der Waals surface area contributed by atoms with Crippen LogP contribution in [0.3, 0.4) is 0 Å². The Morgan fingerprint density at radius 2 is 1.87 bits per heavy atom. The predicted octanol–water partition coefficient (Wildman–Crippen LogP) is 4.03. The highest BCUT2D eigenvalue weighted by Gasteiger charge is 2.27. The SMILES string of the molecule is COc1ccc2[nH]c3c(c2c1)CCNC3c1c(C)cccc1C. The number of hydrogen-bond donors (Lipinski definition) is 2. The van der Waals surface area contributed by atoms with E-state index in [1.165, 1.54) is 38.9 Å². The van der Waals surface area contributed by atoms with Crippen LogP contribution < -0.4 is 10.1 Å². The Morgan fingerprint density at radius 1 is 1.09 bits per heavy atom. The van der Waals surface area contributed by atoms with Gasteiger partial charge in [0.25, 0.3) is 0 Å². The van der Waals surface area contributed by atoms with E-state index in [-0.39, 0.29) is 6.04 Å². The smallest absolute Gasteiger partial charge is 0.119 e.